The van der Waals surface area contributed by atoms with E-state index in [4.69, 9.17) is 16.0 Å². The topological polar surface area (TPSA) is 78.9 Å². The molecule has 0 saturated carbocycles. The SMILES string of the molecule is Cc1ccc(-c2ccc(/C=C(/C#N)C(=O)Nc3nc(-c4ccccc4)cs3)o2)cc1Cl. The smallest absolute Gasteiger partial charge is 0.268 e. The van der Waals surface area contributed by atoms with Crippen LogP contribution in [0.1, 0.15) is 11.3 Å². The van der Waals surface area contributed by atoms with E-state index in [-0.39, 0.29) is 5.57 Å². The summed E-state index contributed by atoms with van der Waals surface area (Å²) < 4.78 is 5.78. The maximum absolute atomic E-state index is 12.6. The van der Waals surface area contributed by atoms with Gasteiger partial charge in [-0.25, -0.2) is 4.98 Å². The Labute approximate surface area is 188 Å². The van der Waals surface area contributed by atoms with Crippen molar-refractivity contribution in [1.29, 1.82) is 5.26 Å². The minimum absolute atomic E-state index is 0.0840. The number of amides is 1. The zero-order valence-electron chi connectivity index (χ0n) is 16.4. The van der Waals surface area contributed by atoms with Gasteiger partial charge in [-0.3, -0.25) is 10.1 Å². The van der Waals surface area contributed by atoms with Gasteiger partial charge in [-0.05, 0) is 30.7 Å². The number of nitrogens with zero attached hydrogens (tertiary/aromatic N) is 2. The van der Waals surface area contributed by atoms with Crippen LogP contribution in [0.15, 0.2) is 76.0 Å². The Kier molecular flexibility index (Phi) is 5.99. The summed E-state index contributed by atoms with van der Waals surface area (Å²) in [5, 5.41) is 15.0. The summed E-state index contributed by atoms with van der Waals surface area (Å²) in [6, 6.07) is 20.7. The number of benzene rings is 2. The van der Waals surface area contributed by atoms with Crippen LogP contribution in [-0.2, 0) is 4.79 Å². The van der Waals surface area contributed by atoms with E-state index in [0.717, 1.165) is 22.4 Å². The number of thiazole rings is 1. The fraction of sp³-hybridized carbons (Fsp3) is 0.0417. The van der Waals surface area contributed by atoms with Gasteiger partial charge in [0, 0.05) is 27.6 Å². The van der Waals surface area contributed by atoms with Gasteiger partial charge in [-0.15, -0.1) is 11.3 Å². The fourth-order valence-corrected chi connectivity index (χ4v) is 3.75. The van der Waals surface area contributed by atoms with E-state index in [1.54, 1.807) is 12.1 Å². The third-order valence-electron chi connectivity index (χ3n) is 4.53. The Morgan fingerprint density at radius 3 is 2.71 bits per heavy atom. The molecule has 2 heterocycles. The molecular weight excluding hydrogens is 430 g/mol. The van der Waals surface area contributed by atoms with Crippen LogP contribution in [0.2, 0.25) is 5.02 Å². The largest absolute Gasteiger partial charge is 0.457 e. The first-order valence-electron chi connectivity index (χ1n) is 9.34. The van der Waals surface area contributed by atoms with Crippen molar-refractivity contribution >= 4 is 40.1 Å². The lowest BCUT2D eigenvalue weighted by Gasteiger charge is -2.01. The number of furan rings is 1. The van der Waals surface area contributed by atoms with Crippen LogP contribution >= 0.6 is 22.9 Å². The van der Waals surface area contributed by atoms with Crippen LogP contribution in [0.3, 0.4) is 0 Å². The summed E-state index contributed by atoms with van der Waals surface area (Å²) in [7, 11) is 0. The number of halogens is 1. The number of hydrogen-bond donors (Lipinski definition) is 1. The number of hydrogen-bond acceptors (Lipinski definition) is 5. The summed E-state index contributed by atoms with van der Waals surface area (Å²) in [5.41, 5.74) is 3.41. The molecule has 0 spiro atoms. The molecule has 2 aromatic carbocycles. The average Bonchev–Trinajstić information content (AvgIpc) is 3.44. The molecule has 2 aromatic heterocycles. The zero-order valence-corrected chi connectivity index (χ0v) is 18.0. The van der Waals surface area contributed by atoms with E-state index >= 15 is 0 Å². The number of rotatable bonds is 5. The van der Waals surface area contributed by atoms with Crippen molar-refractivity contribution in [3.8, 4) is 28.7 Å². The highest BCUT2D eigenvalue weighted by molar-refractivity contribution is 7.14. The monoisotopic (exact) mass is 445 g/mol. The summed E-state index contributed by atoms with van der Waals surface area (Å²) in [6.07, 6.45) is 1.40. The molecule has 0 atom stereocenters. The van der Waals surface area contributed by atoms with E-state index in [1.165, 1.54) is 17.4 Å². The van der Waals surface area contributed by atoms with E-state index < -0.39 is 5.91 Å². The quantitative estimate of drug-likeness (QED) is 0.278. The molecule has 152 valence electrons. The van der Waals surface area contributed by atoms with Crippen LogP contribution in [0, 0.1) is 18.3 Å². The molecule has 7 heteroatoms. The van der Waals surface area contributed by atoms with Gasteiger partial charge in [0.25, 0.3) is 5.91 Å². The molecule has 0 aliphatic rings. The van der Waals surface area contributed by atoms with E-state index in [1.807, 2.05) is 66.9 Å². The van der Waals surface area contributed by atoms with Crippen LogP contribution < -0.4 is 5.32 Å². The molecule has 31 heavy (non-hydrogen) atoms. The van der Waals surface area contributed by atoms with Crippen LogP contribution in [0.25, 0.3) is 28.7 Å². The number of aromatic nitrogens is 1. The van der Waals surface area contributed by atoms with Gasteiger partial charge >= 0.3 is 0 Å². The first-order chi connectivity index (χ1) is 15.0. The highest BCUT2D eigenvalue weighted by Gasteiger charge is 2.14. The summed E-state index contributed by atoms with van der Waals surface area (Å²) in [5.74, 6) is 0.438. The Balaban J connectivity index is 1.50. The van der Waals surface area contributed by atoms with Crippen LogP contribution in [0.5, 0.6) is 0 Å². The predicted octanol–water partition coefficient (Wildman–Crippen LogP) is 6.58. The van der Waals surface area contributed by atoms with Gasteiger partial charge in [0.2, 0.25) is 0 Å². The molecule has 4 aromatic rings. The highest BCUT2D eigenvalue weighted by Crippen LogP contribution is 2.28. The number of aryl methyl sites for hydroxylation is 1. The zero-order chi connectivity index (χ0) is 21.8. The second kappa shape index (κ2) is 9.00. The van der Waals surface area contributed by atoms with Gasteiger partial charge < -0.3 is 4.42 Å². The molecule has 1 amide bonds. The minimum Gasteiger partial charge on any atom is -0.457 e. The summed E-state index contributed by atoms with van der Waals surface area (Å²) in [6.45, 7) is 1.92. The Morgan fingerprint density at radius 1 is 1.16 bits per heavy atom. The lowest BCUT2D eigenvalue weighted by atomic mass is 10.1. The molecule has 0 bridgehead atoms. The molecule has 4 rings (SSSR count). The van der Waals surface area contributed by atoms with E-state index in [0.29, 0.717) is 21.7 Å². The second-order valence-corrected chi connectivity index (χ2v) is 7.96. The van der Waals surface area contributed by atoms with Gasteiger partial charge in [-0.2, -0.15) is 5.26 Å². The maximum atomic E-state index is 12.6. The van der Waals surface area contributed by atoms with Crippen LogP contribution in [-0.4, -0.2) is 10.9 Å². The third-order valence-corrected chi connectivity index (χ3v) is 5.69. The number of anilines is 1. The molecule has 0 radical (unpaired) electrons. The van der Waals surface area contributed by atoms with Gasteiger partial charge in [0.15, 0.2) is 5.13 Å². The first-order valence-corrected chi connectivity index (χ1v) is 10.6. The normalized spacial score (nSPS) is 11.2. The predicted molar refractivity (Wildman–Crippen MR) is 124 cm³/mol. The number of carbonyl (C=O) groups is 1. The maximum Gasteiger partial charge on any atom is 0.268 e. The second-order valence-electron chi connectivity index (χ2n) is 6.69. The van der Waals surface area contributed by atoms with Gasteiger partial charge in [0.05, 0.1) is 5.69 Å². The minimum atomic E-state index is -0.548. The highest BCUT2D eigenvalue weighted by atomic mass is 35.5. The third kappa shape index (κ3) is 4.75. The van der Waals surface area contributed by atoms with Crippen molar-refractivity contribution in [1.82, 2.24) is 4.98 Å². The van der Waals surface area contributed by atoms with Gasteiger partial charge in [0.1, 0.15) is 23.2 Å². The molecule has 0 saturated heterocycles. The van der Waals surface area contributed by atoms with Crippen molar-refractivity contribution in [2.45, 2.75) is 6.92 Å². The number of nitrogens with one attached hydrogen (secondary N) is 1. The molecule has 0 unspecified atom stereocenters. The van der Waals surface area contributed by atoms with Crippen LogP contribution in [0.4, 0.5) is 5.13 Å². The molecule has 0 aliphatic carbocycles. The average molecular weight is 446 g/mol. The standard InChI is InChI=1S/C24H16ClN3O2S/c1-15-7-8-17(12-20(15)25)22-10-9-19(30-22)11-18(13-26)23(29)28-24-27-21(14-31-24)16-5-3-2-4-6-16/h2-12,14H,1H3,(H,27,28,29)/b18-11-. The number of carbonyl (C=O) groups excluding carboxylic acids is 1. The van der Waals surface area contributed by atoms with Gasteiger partial charge in [-0.1, -0.05) is 54.1 Å². The Hall–Kier alpha value is -3.66. The van der Waals surface area contributed by atoms with E-state index in [9.17, 15) is 10.1 Å². The molecular formula is C24H16ClN3O2S. The molecule has 1 N–H and O–H groups in total. The lowest BCUT2D eigenvalue weighted by molar-refractivity contribution is -0.112. The van der Waals surface area contributed by atoms with Crippen molar-refractivity contribution in [2.75, 3.05) is 5.32 Å². The summed E-state index contributed by atoms with van der Waals surface area (Å²) in [4.78, 5) is 17.0. The summed E-state index contributed by atoms with van der Waals surface area (Å²) >= 11 is 7.48. The molecule has 5 nitrogen and oxygen atoms in total. The Morgan fingerprint density at radius 2 is 1.97 bits per heavy atom. The first kappa shape index (κ1) is 20.6. The van der Waals surface area contributed by atoms with Crippen molar-refractivity contribution in [3.63, 3.8) is 0 Å². The van der Waals surface area contributed by atoms with Crippen molar-refractivity contribution in [3.05, 3.63) is 88.0 Å². The molecule has 0 fully saturated rings. The van der Waals surface area contributed by atoms with E-state index in [2.05, 4.69) is 10.3 Å². The number of nitriles is 1. The van der Waals surface area contributed by atoms with Crippen molar-refractivity contribution in [2.24, 2.45) is 0 Å². The van der Waals surface area contributed by atoms with Crippen molar-refractivity contribution < 1.29 is 9.21 Å². The fourth-order valence-electron chi connectivity index (χ4n) is 2.86. The molecule has 0 aliphatic heterocycles. The Bertz CT molecular complexity index is 1320. The lowest BCUT2D eigenvalue weighted by Crippen LogP contribution is -2.13.